The maximum absolute atomic E-state index is 6.35. The molecule has 130 valence electrons. The fraction of sp³-hybridized carbons (Fsp3) is 0.476. The molecule has 3 heteroatoms. The Morgan fingerprint density at radius 1 is 1.04 bits per heavy atom. The highest BCUT2D eigenvalue weighted by Gasteiger charge is 2.45. The van der Waals surface area contributed by atoms with Crippen molar-refractivity contribution >= 4 is 30.2 Å². The molecule has 1 aromatic heterocycles. The highest BCUT2D eigenvalue weighted by atomic mass is 35.5. The average Bonchev–Trinajstić information content (AvgIpc) is 2.55. The molecule has 0 aliphatic carbocycles. The van der Waals surface area contributed by atoms with Gasteiger partial charge >= 0.3 is 0 Å². The van der Waals surface area contributed by atoms with E-state index in [1.165, 1.54) is 28.9 Å². The van der Waals surface area contributed by atoms with E-state index in [-0.39, 0.29) is 0 Å². The Kier molecular flexibility index (Phi) is 6.65. The summed E-state index contributed by atoms with van der Waals surface area (Å²) in [5.74, 6) is 0. The molecule has 0 aliphatic rings. The molecule has 0 bridgehead atoms. The second-order valence-electron chi connectivity index (χ2n) is 7.30. The third kappa shape index (κ3) is 3.60. The van der Waals surface area contributed by atoms with Crippen LogP contribution in [0.15, 0.2) is 42.6 Å². The molecule has 0 spiro atoms. The molecule has 1 nitrogen and oxygen atoms in total. The highest BCUT2D eigenvalue weighted by Crippen LogP contribution is 2.33. The predicted octanol–water partition coefficient (Wildman–Crippen LogP) is 5.46. The van der Waals surface area contributed by atoms with E-state index in [4.69, 9.17) is 16.6 Å². The van der Waals surface area contributed by atoms with Crippen LogP contribution in [0.2, 0.25) is 16.1 Å². The molecule has 2 aromatic rings. The number of pyridine rings is 1. The molecule has 0 unspecified atom stereocenters. The maximum atomic E-state index is 6.35. The van der Waals surface area contributed by atoms with Crippen molar-refractivity contribution in [2.45, 2.75) is 65.0 Å². The van der Waals surface area contributed by atoms with E-state index in [1.54, 1.807) is 0 Å². The summed E-state index contributed by atoms with van der Waals surface area (Å²) in [6.45, 7) is 11.7. The van der Waals surface area contributed by atoms with E-state index in [1.807, 2.05) is 12.3 Å². The number of hydrogen-bond donors (Lipinski definition) is 0. The van der Waals surface area contributed by atoms with Gasteiger partial charge in [-0.2, -0.15) is 0 Å². The van der Waals surface area contributed by atoms with Crippen LogP contribution in [-0.4, -0.2) is 13.1 Å². The van der Waals surface area contributed by atoms with E-state index in [9.17, 15) is 0 Å². The summed E-state index contributed by atoms with van der Waals surface area (Å²) in [6.07, 6.45) is 5.46. The zero-order valence-corrected chi connectivity index (χ0v) is 17.4. The van der Waals surface area contributed by atoms with Crippen molar-refractivity contribution in [3.05, 3.63) is 53.2 Å². The smallest absolute Gasteiger partial charge is 0.146 e. The first-order valence-corrected chi connectivity index (χ1v) is 11.7. The molecule has 0 N–H and O–H groups in total. The van der Waals surface area contributed by atoms with Crippen molar-refractivity contribution in [1.29, 1.82) is 0 Å². The number of hydrogen-bond acceptors (Lipinski definition) is 1. The van der Waals surface area contributed by atoms with Gasteiger partial charge in [-0.15, -0.1) is 0 Å². The van der Waals surface area contributed by atoms with Crippen LogP contribution in [0.1, 0.15) is 53.0 Å². The fourth-order valence-corrected chi connectivity index (χ4v) is 10.1. The predicted molar refractivity (Wildman–Crippen MR) is 110 cm³/mol. The van der Waals surface area contributed by atoms with Gasteiger partial charge in [-0.3, -0.25) is 4.98 Å². The first-order valence-electron chi connectivity index (χ1n) is 9.14. The van der Waals surface area contributed by atoms with Gasteiger partial charge in [-0.25, -0.2) is 0 Å². The van der Waals surface area contributed by atoms with Crippen LogP contribution in [0.5, 0.6) is 0 Å². The second-order valence-corrected chi connectivity index (χ2v) is 12.8. The number of rotatable bonds is 7. The van der Waals surface area contributed by atoms with Gasteiger partial charge in [0.05, 0.1) is 0 Å². The minimum absolute atomic E-state index is 0.578. The van der Waals surface area contributed by atoms with Crippen LogP contribution >= 0.6 is 11.6 Å². The van der Waals surface area contributed by atoms with Crippen LogP contribution in [-0.2, 0) is 6.42 Å². The molecule has 2 rings (SSSR count). The Balaban J connectivity index is 2.73. The molecule has 0 aliphatic heterocycles. The summed E-state index contributed by atoms with van der Waals surface area (Å²) < 4.78 is 0. The zero-order chi connectivity index (χ0) is 17.7. The average molecular weight is 360 g/mol. The number of aromatic nitrogens is 1. The minimum Gasteiger partial charge on any atom is -0.266 e. The molecule has 0 radical (unpaired) electrons. The third-order valence-electron chi connectivity index (χ3n) is 5.22. The molecular formula is C21H30ClNSi. The van der Waals surface area contributed by atoms with Crippen LogP contribution in [0.25, 0.3) is 0 Å². The van der Waals surface area contributed by atoms with E-state index >= 15 is 0 Å². The lowest BCUT2D eigenvalue weighted by atomic mass is 10.1. The van der Waals surface area contributed by atoms with Gasteiger partial charge in [-0.1, -0.05) is 64.8 Å². The van der Waals surface area contributed by atoms with Gasteiger partial charge in [0.15, 0.2) is 0 Å². The largest absolute Gasteiger partial charge is 0.266 e. The van der Waals surface area contributed by atoms with E-state index in [0.29, 0.717) is 11.1 Å². The monoisotopic (exact) mass is 359 g/mol. The fourth-order valence-electron chi connectivity index (χ4n) is 4.17. The molecule has 0 amide bonds. The Morgan fingerprint density at radius 2 is 1.75 bits per heavy atom. The summed E-state index contributed by atoms with van der Waals surface area (Å²) in [4.78, 5) is 4.84. The maximum Gasteiger partial charge on any atom is 0.146 e. The van der Waals surface area contributed by atoms with E-state index in [2.05, 4.69) is 65.0 Å². The lowest BCUT2D eigenvalue weighted by molar-refractivity contribution is 0.796. The highest BCUT2D eigenvalue weighted by molar-refractivity contribution is 7.03. The lowest BCUT2D eigenvalue weighted by Crippen LogP contribution is -2.64. The summed E-state index contributed by atoms with van der Waals surface area (Å²) in [5, 5.41) is 3.68. The van der Waals surface area contributed by atoms with Gasteiger partial charge in [0.25, 0.3) is 0 Å². The van der Waals surface area contributed by atoms with Crippen LogP contribution in [0.3, 0.4) is 0 Å². The van der Waals surface area contributed by atoms with Gasteiger partial charge in [-0.05, 0) is 58.9 Å². The minimum atomic E-state index is -1.99. The van der Waals surface area contributed by atoms with Crippen LogP contribution < -0.4 is 10.5 Å². The topological polar surface area (TPSA) is 12.9 Å². The van der Waals surface area contributed by atoms with Crippen molar-refractivity contribution in [3.8, 4) is 0 Å². The zero-order valence-electron chi connectivity index (χ0n) is 15.6. The van der Waals surface area contributed by atoms with Crippen LogP contribution in [0, 0.1) is 0 Å². The summed E-state index contributed by atoms with van der Waals surface area (Å²) in [5.41, 5.74) is 2.59. The molecule has 0 fully saturated rings. The Morgan fingerprint density at radius 3 is 2.29 bits per heavy atom. The van der Waals surface area contributed by atoms with Gasteiger partial charge < -0.3 is 0 Å². The SMILES string of the molecule is CCCCc1cc(Cl)ccc1[Si](c1ccccn1)(C(C)C)C(C)C. The van der Waals surface area contributed by atoms with Crippen molar-refractivity contribution < 1.29 is 0 Å². The molecule has 1 heterocycles. The Labute approximate surface area is 153 Å². The van der Waals surface area contributed by atoms with Gasteiger partial charge in [0, 0.05) is 16.5 Å². The number of benzene rings is 1. The summed E-state index contributed by atoms with van der Waals surface area (Å²) >= 11 is 6.35. The number of aryl methyl sites for hydroxylation is 1. The number of unbranched alkanes of at least 4 members (excludes halogenated alkanes) is 1. The Bertz CT molecular complexity index is 644. The van der Waals surface area contributed by atoms with Gasteiger partial charge in [0.2, 0.25) is 0 Å². The van der Waals surface area contributed by atoms with Crippen molar-refractivity contribution in [2.75, 3.05) is 0 Å². The third-order valence-corrected chi connectivity index (χ3v) is 11.6. The molecule has 0 saturated carbocycles. The number of halogens is 1. The van der Waals surface area contributed by atoms with E-state index < -0.39 is 8.07 Å². The Hall–Kier alpha value is -1.12. The molecular weight excluding hydrogens is 330 g/mol. The van der Waals surface area contributed by atoms with Crippen LogP contribution in [0.4, 0.5) is 0 Å². The van der Waals surface area contributed by atoms with Crippen molar-refractivity contribution in [2.24, 2.45) is 0 Å². The van der Waals surface area contributed by atoms with Crippen molar-refractivity contribution in [3.63, 3.8) is 0 Å². The lowest BCUT2D eigenvalue weighted by Gasteiger charge is -2.40. The summed E-state index contributed by atoms with van der Waals surface area (Å²) in [6, 6.07) is 13.0. The van der Waals surface area contributed by atoms with E-state index in [0.717, 1.165) is 11.4 Å². The molecule has 0 atom stereocenters. The molecule has 24 heavy (non-hydrogen) atoms. The van der Waals surface area contributed by atoms with Crippen molar-refractivity contribution in [1.82, 2.24) is 4.98 Å². The molecule has 1 aromatic carbocycles. The normalized spacial score (nSPS) is 12.2. The first kappa shape index (κ1) is 19.2. The molecule has 0 saturated heterocycles. The summed E-state index contributed by atoms with van der Waals surface area (Å²) in [7, 11) is -1.99. The quantitative estimate of drug-likeness (QED) is 0.598. The second kappa shape index (κ2) is 8.31. The standard InChI is InChI=1S/C21H30ClNSi/c1-6-7-10-18-15-19(22)12-13-20(18)24(16(2)3,17(4)5)21-11-8-9-14-23-21/h8-9,11-17H,6-7,10H2,1-5H3. The first-order chi connectivity index (χ1) is 11.4. The van der Waals surface area contributed by atoms with Gasteiger partial charge in [0.1, 0.15) is 8.07 Å². The number of nitrogens with zero attached hydrogens (tertiary/aromatic N) is 1.